The Morgan fingerprint density at radius 3 is 2.48 bits per heavy atom. The molecule has 0 aliphatic rings. The number of rotatable bonds is 5. The van der Waals surface area contributed by atoms with Crippen LogP contribution in [-0.4, -0.2) is 27.6 Å². The Morgan fingerprint density at radius 1 is 1.14 bits per heavy atom. The van der Waals surface area contributed by atoms with Crippen molar-refractivity contribution in [3.63, 3.8) is 0 Å². The quantitative estimate of drug-likeness (QED) is 0.847. The van der Waals surface area contributed by atoms with Gasteiger partial charge in [0, 0.05) is 12.3 Å². The van der Waals surface area contributed by atoms with Crippen molar-refractivity contribution in [2.75, 3.05) is 14.2 Å². The molecule has 0 N–H and O–H groups in total. The third-order valence-corrected chi connectivity index (χ3v) is 4.52. The smallest absolute Gasteiger partial charge is 0.187 e. The minimum absolute atomic E-state index is 0.167. The molecule has 0 saturated carbocycles. The number of pyridine rings is 1. The maximum absolute atomic E-state index is 13.7. The average Bonchev–Trinajstić information content (AvgIpc) is 2.46. The lowest BCUT2D eigenvalue weighted by Gasteiger charge is -2.12. The van der Waals surface area contributed by atoms with E-state index in [1.165, 1.54) is 38.6 Å². The maximum Gasteiger partial charge on any atom is 0.187 e. The van der Waals surface area contributed by atoms with E-state index in [0.29, 0.717) is 5.75 Å². The minimum Gasteiger partial charge on any atom is -0.493 e. The van der Waals surface area contributed by atoms with Gasteiger partial charge in [-0.1, -0.05) is 12.1 Å². The van der Waals surface area contributed by atoms with Gasteiger partial charge in [0.25, 0.3) is 0 Å². The predicted octanol–water partition coefficient (Wildman–Crippen LogP) is 2.21. The zero-order valence-electron chi connectivity index (χ0n) is 11.5. The molecule has 0 aliphatic carbocycles. The van der Waals surface area contributed by atoms with E-state index >= 15 is 0 Å². The van der Waals surface area contributed by atoms with Crippen molar-refractivity contribution in [3.05, 3.63) is 48.0 Å². The Hall–Kier alpha value is -2.15. The molecule has 2 aromatic rings. The van der Waals surface area contributed by atoms with Gasteiger partial charge in [0.1, 0.15) is 22.2 Å². The number of ether oxygens (including phenoxy) is 2. The second kappa shape index (κ2) is 6.09. The van der Waals surface area contributed by atoms with E-state index in [1.54, 1.807) is 6.07 Å². The van der Waals surface area contributed by atoms with Crippen LogP contribution >= 0.6 is 0 Å². The first-order valence-corrected chi connectivity index (χ1v) is 7.68. The lowest BCUT2D eigenvalue weighted by molar-refractivity contribution is 0.350. The molecule has 0 radical (unpaired) electrons. The molecule has 5 nitrogen and oxygen atoms in total. The van der Waals surface area contributed by atoms with Gasteiger partial charge < -0.3 is 9.47 Å². The average molecular weight is 311 g/mol. The molecule has 0 saturated heterocycles. The Labute approximate surface area is 122 Å². The lowest BCUT2D eigenvalue weighted by Crippen LogP contribution is -2.10. The number of nitrogens with zero attached hydrogens (tertiary/aromatic N) is 1. The zero-order chi connectivity index (χ0) is 15.5. The number of hydrogen-bond acceptors (Lipinski definition) is 5. The number of halogens is 1. The fourth-order valence-electron chi connectivity index (χ4n) is 1.91. The molecule has 21 heavy (non-hydrogen) atoms. The van der Waals surface area contributed by atoms with E-state index in [2.05, 4.69) is 4.98 Å². The summed E-state index contributed by atoms with van der Waals surface area (Å²) in [7, 11) is -1.05. The SMILES string of the molecule is COc1ccnc(CS(=O)(=O)c2ccccc2F)c1OC. The molecule has 112 valence electrons. The molecule has 0 bridgehead atoms. The molecule has 2 rings (SSSR count). The van der Waals surface area contributed by atoms with Crippen LogP contribution in [0.25, 0.3) is 0 Å². The highest BCUT2D eigenvalue weighted by Gasteiger charge is 2.23. The number of hydrogen-bond donors (Lipinski definition) is 0. The van der Waals surface area contributed by atoms with Crippen molar-refractivity contribution in [2.45, 2.75) is 10.6 Å². The Kier molecular flexibility index (Phi) is 4.42. The van der Waals surface area contributed by atoms with Crippen molar-refractivity contribution in [2.24, 2.45) is 0 Å². The Balaban J connectivity index is 2.45. The van der Waals surface area contributed by atoms with E-state index in [-0.39, 0.29) is 16.3 Å². The summed E-state index contributed by atoms with van der Waals surface area (Å²) >= 11 is 0. The van der Waals surface area contributed by atoms with E-state index < -0.39 is 21.4 Å². The molecular weight excluding hydrogens is 297 g/mol. The molecule has 0 amide bonds. The zero-order valence-corrected chi connectivity index (χ0v) is 12.4. The summed E-state index contributed by atoms with van der Waals surface area (Å²) in [6.07, 6.45) is 1.41. The molecule has 1 aromatic carbocycles. The van der Waals surface area contributed by atoms with Crippen molar-refractivity contribution in [1.82, 2.24) is 4.98 Å². The van der Waals surface area contributed by atoms with E-state index in [0.717, 1.165) is 6.07 Å². The van der Waals surface area contributed by atoms with Crippen LogP contribution in [0.15, 0.2) is 41.4 Å². The van der Waals surface area contributed by atoms with Crippen LogP contribution < -0.4 is 9.47 Å². The fraction of sp³-hybridized carbons (Fsp3) is 0.214. The summed E-state index contributed by atoms with van der Waals surface area (Å²) < 4.78 is 48.5. The fourth-order valence-corrected chi connectivity index (χ4v) is 3.28. The first-order chi connectivity index (χ1) is 9.99. The lowest BCUT2D eigenvalue weighted by atomic mass is 10.3. The largest absolute Gasteiger partial charge is 0.493 e. The molecular formula is C14H14FNO4S. The monoisotopic (exact) mass is 311 g/mol. The van der Waals surface area contributed by atoms with Crippen molar-refractivity contribution in [3.8, 4) is 11.5 Å². The number of aromatic nitrogens is 1. The third-order valence-electron chi connectivity index (χ3n) is 2.86. The number of benzene rings is 1. The summed E-state index contributed by atoms with van der Waals surface area (Å²) in [4.78, 5) is 3.63. The molecule has 0 fully saturated rings. The van der Waals surface area contributed by atoms with Crippen LogP contribution in [0.1, 0.15) is 5.69 Å². The van der Waals surface area contributed by atoms with E-state index in [4.69, 9.17) is 9.47 Å². The molecule has 7 heteroatoms. The Bertz CT molecular complexity index is 746. The molecule has 0 atom stereocenters. The van der Waals surface area contributed by atoms with Crippen LogP contribution in [0, 0.1) is 5.82 Å². The topological polar surface area (TPSA) is 65.5 Å². The Morgan fingerprint density at radius 2 is 1.86 bits per heavy atom. The van der Waals surface area contributed by atoms with Crippen molar-refractivity contribution >= 4 is 9.84 Å². The minimum atomic E-state index is -3.87. The first kappa shape index (κ1) is 15.2. The highest BCUT2D eigenvalue weighted by molar-refractivity contribution is 7.90. The van der Waals surface area contributed by atoms with Crippen LogP contribution in [-0.2, 0) is 15.6 Å². The van der Waals surface area contributed by atoms with Crippen LogP contribution in [0.3, 0.4) is 0 Å². The van der Waals surface area contributed by atoms with Gasteiger partial charge in [0.15, 0.2) is 21.3 Å². The summed E-state index contributed by atoms with van der Waals surface area (Å²) in [6, 6.07) is 6.77. The molecule has 1 heterocycles. The predicted molar refractivity (Wildman–Crippen MR) is 74.6 cm³/mol. The summed E-state index contributed by atoms with van der Waals surface area (Å²) in [5, 5.41) is 0. The van der Waals surface area contributed by atoms with Gasteiger partial charge in [-0.3, -0.25) is 4.98 Å². The second-order valence-electron chi connectivity index (χ2n) is 4.18. The molecule has 0 spiro atoms. The van der Waals surface area contributed by atoms with Crippen LogP contribution in [0.4, 0.5) is 4.39 Å². The molecule has 0 unspecified atom stereocenters. The highest BCUT2D eigenvalue weighted by Crippen LogP contribution is 2.31. The van der Waals surface area contributed by atoms with Crippen molar-refractivity contribution < 1.29 is 22.3 Å². The number of methoxy groups -OCH3 is 2. The maximum atomic E-state index is 13.7. The van der Waals surface area contributed by atoms with Gasteiger partial charge in [-0.15, -0.1) is 0 Å². The van der Waals surface area contributed by atoms with E-state index in [9.17, 15) is 12.8 Å². The van der Waals surface area contributed by atoms with Crippen LogP contribution in [0.2, 0.25) is 0 Å². The van der Waals surface area contributed by atoms with Gasteiger partial charge in [0.2, 0.25) is 0 Å². The van der Waals surface area contributed by atoms with E-state index in [1.807, 2.05) is 0 Å². The van der Waals surface area contributed by atoms with Gasteiger partial charge in [0.05, 0.1) is 14.2 Å². The molecule has 0 aliphatic heterocycles. The number of sulfone groups is 1. The summed E-state index contributed by atoms with van der Waals surface area (Å²) in [6.45, 7) is 0. The first-order valence-electron chi connectivity index (χ1n) is 6.02. The normalized spacial score (nSPS) is 11.2. The van der Waals surface area contributed by atoms with Gasteiger partial charge >= 0.3 is 0 Å². The second-order valence-corrected chi connectivity index (χ2v) is 6.14. The van der Waals surface area contributed by atoms with Crippen molar-refractivity contribution in [1.29, 1.82) is 0 Å². The standard InChI is InChI=1S/C14H14FNO4S/c1-19-12-7-8-16-11(14(12)20-2)9-21(17,18)13-6-4-3-5-10(13)15/h3-8H,9H2,1-2H3. The molecule has 1 aromatic heterocycles. The summed E-state index contributed by atoms with van der Waals surface area (Å²) in [5.41, 5.74) is 0.167. The third kappa shape index (κ3) is 3.13. The van der Waals surface area contributed by atoms with Gasteiger partial charge in [-0.2, -0.15) is 0 Å². The van der Waals surface area contributed by atoms with Gasteiger partial charge in [-0.05, 0) is 12.1 Å². The summed E-state index contributed by atoms with van der Waals surface area (Å²) in [5.74, 6) is -0.681. The van der Waals surface area contributed by atoms with Crippen LogP contribution in [0.5, 0.6) is 11.5 Å². The highest BCUT2D eigenvalue weighted by atomic mass is 32.2. The van der Waals surface area contributed by atoms with Gasteiger partial charge in [-0.25, -0.2) is 12.8 Å².